The van der Waals surface area contributed by atoms with E-state index in [2.05, 4.69) is 15.5 Å². The molecule has 1 N–H and O–H groups in total. The molecule has 10 heteroatoms. The van der Waals surface area contributed by atoms with Gasteiger partial charge in [-0.25, -0.2) is 0 Å². The van der Waals surface area contributed by atoms with Crippen molar-refractivity contribution in [3.05, 3.63) is 52.8 Å². The lowest BCUT2D eigenvalue weighted by Crippen LogP contribution is -2.23. The Hall–Kier alpha value is -2.55. The quantitative estimate of drug-likeness (QED) is 0.793. The molecular formula is C13H8ClF3N4O2. The van der Waals surface area contributed by atoms with Crippen molar-refractivity contribution in [2.75, 3.05) is 0 Å². The van der Waals surface area contributed by atoms with Gasteiger partial charge in [-0.05, 0) is 18.2 Å². The van der Waals surface area contributed by atoms with E-state index in [4.69, 9.17) is 16.0 Å². The van der Waals surface area contributed by atoms with Crippen LogP contribution >= 0.6 is 11.6 Å². The molecule has 0 saturated heterocycles. The molecule has 0 fully saturated rings. The van der Waals surface area contributed by atoms with Gasteiger partial charge in [0.05, 0.1) is 17.8 Å². The second kappa shape index (κ2) is 5.58. The molecule has 0 aliphatic heterocycles. The van der Waals surface area contributed by atoms with E-state index in [1.165, 1.54) is 24.6 Å². The number of alkyl halides is 3. The van der Waals surface area contributed by atoms with Crippen LogP contribution in [0.2, 0.25) is 5.02 Å². The molecule has 0 aliphatic carbocycles. The van der Waals surface area contributed by atoms with Gasteiger partial charge in [0.1, 0.15) is 5.56 Å². The summed E-state index contributed by atoms with van der Waals surface area (Å²) in [6.45, 7) is -0.141. The molecule has 0 saturated carbocycles. The molecule has 0 aliphatic rings. The Morgan fingerprint density at radius 2 is 2.17 bits per heavy atom. The number of furan rings is 1. The molecule has 6 nitrogen and oxygen atoms in total. The smallest absolute Gasteiger partial charge is 0.420 e. The Balaban J connectivity index is 1.91. The molecule has 0 atom stereocenters. The summed E-state index contributed by atoms with van der Waals surface area (Å²) >= 11 is 5.72. The summed E-state index contributed by atoms with van der Waals surface area (Å²) in [4.78, 5) is 11.8. The molecule has 0 aromatic carbocycles. The number of fused-ring (bicyclic) bond motifs is 1. The number of rotatable bonds is 3. The predicted octanol–water partition coefficient (Wildman–Crippen LogP) is 2.92. The first-order chi connectivity index (χ1) is 10.9. The van der Waals surface area contributed by atoms with E-state index < -0.39 is 17.6 Å². The Morgan fingerprint density at radius 3 is 2.83 bits per heavy atom. The van der Waals surface area contributed by atoms with Gasteiger partial charge in [-0.15, -0.1) is 10.2 Å². The third kappa shape index (κ3) is 3.00. The van der Waals surface area contributed by atoms with E-state index in [0.29, 0.717) is 0 Å². The van der Waals surface area contributed by atoms with Crippen molar-refractivity contribution in [1.29, 1.82) is 0 Å². The molecule has 0 spiro atoms. The van der Waals surface area contributed by atoms with Crippen LogP contribution in [-0.2, 0) is 12.7 Å². The number of halogens is 4. The van der Waals surface area contributed by atoms with E-state index in [1.807, 2.05) is 0 Å². The Bertz CT molecular complexity index is 858. The van der Waals surface area contributed by atoms with Crippen LogP contribution in [0.3, 0.4) is 0 Å². The topological polar surface area (TPSA) is 72.4 Å². The lowest BCUT2D eigenvalue weighted by Gasteiger charge is -2.09. The van der Waals surface area contributed by atoms with Crippen LogP contribution < -0.4 is 5.32 Å². The fraction of sp³-hybridized carbons (Fsp3) is 0.154. The first-order valence-electron chi connectivity index (χ1n) is 6.28. The van der Waals surface area contributed by atoms with Crippen molar-refractivity contribution in [2.45, 2.75) is 12.7 Å². The first-order valence-corrected chi connectivity index (χ1v) is 6.66. The molecule has 3 aromatic heterocycles. The fourth-order valence-corrected chi connectivity index (χ4v) is 2.20. The second-order valence-electron chi connectivity index (χ2n) is 4.54. The third-order valence-electron chi connectivity index (χ3n) is 3.00. The summed E-state index contributed by atoms with van der Waals surface area (Å²) in [6.07, 6.45) is -2.04. The van der Waals surface area contributed by atoms with Gasteiger partial charge < -0.3 is 9.73 Å². The summed E-state index contributed by atoms with van der Waals surface area (Å²) in [7, 11) is 0. The molecule has 3 rings (SSSR count). The van der Waals surface area contributed by atoms with Gasteiger partial charge in [-0.3, -0.25) is 9.20 Å². The van der Waals surface area contributed by atoms with Crippen molar-refractivity contribution in [3.63, 3.8) is 0 Å². The van der Waals surface area contributed by atoms with Gasteiger partial charge in [0.2, 0.25) is 0 Å². The minimum atomic E-state index is -4.62. The highest BCUT2D eigenvalue weighted by atomic mass is 35.5. The lowest BCUT2D eigenvalue weighted by atomic mass is 10.2. The zero-order chi connectivity index (χ0) is 16.6. The third-order valence-corrected chi connectivity index (χ3v) is 3.21. The van der Waals surface area contributed by atoms with Crippen LogP contribution in [0, 0.1) is 0 Å². The average Bonchev–Trinajstić information content (AvgIpc) is 3.12. The monoisotopic (exact) mass is 344 g/mol. The number of carbonyl (C=O) groups is 1. The predicted molar refractivity (Wildman–Crippen MR) is 72.9 cm³/mol. The van der Waals surface area contributed by atoms with E-state index in [1.54, 1.807) is 0 Å². The van der Waals surface area contributed by atoms with Gasteiger partial charge in [-0.2, -0.15) is 13.2 Å². The molecule has 3 aromatic rings. The van der Waals surface area contributed by atoms with Crippen LogP contribution in [0.4, 0.5) is 13.2 Å². The summed E-state index contributed by atoms with van der Waals surface area (Å²) < 4.78 is 45.0. The van der Waals surface area contributed by atoms with Crippen LogP contribution in [-0.4, -0.2) is 20.5 Å². The average molecular weight is 345 g/mol. The van der Waals surface area contributed by atoms with Gasteiger partial charge in [0.25, 0.3) is 5.91 Å². The van der Waals surface area contributed by atoms with E-state index >= 15 is 0 Å². The highest BCUT2D eigenvalue weighted by molar-refractivity contribution is 6.30. The molecule has 0 radical (unpaired) electrons. The number of amides is 1. The second-order valence-corrected chi connectivity index (χ2v) is 4.98. The van der Waals surface area contributed by atoms with E-state index in [9.17, 15) is 18.0 Å². The number of aromatic nitrogens is 3. The number of carbonyl (C=O) groups excluding carboxylic acids is 1. The maximum Gasteiger partial charge on any atom is 0.420 e. The largest absolute Gasteiger partial charge is 0.459 e. The Kier molecular flexibility index (Phi) is 3.72. The SMILES string of the molecule is O=C(NCc1nnc2c(C(F)(F)F)cc(Cl)cn12)c1ccco1. The number of nitrogens with one attached hydrogen (secondary N) is 1. The summed E-state index contributed by atoms with van der Waals surface area (Å²) in [5.74, 6) is -0.342. The number of hydrogen-bond donors (Lipinski definition) is 1. The normalized spacial score (nSPS) is 11.8. The van der Waals surface area contributed by atoms with Crippen molar-refractivity contribution in [1.82, 2.24) is 19.9 Å². The zero-order valence-corrected chi connectivity index (χ0v) is 12.0. The van der Waals surface area contributed by atoms with Gasteiger partial charge in [0, 0.05) is 6.20 Å². The van der Waals surface area contributed by atoms with E-state index in [0.717, 1.165) is 10.5 Å². The van der Waals surface area contributed by atoms with Crippen molar-refractivity contribution in [3.8, 4) is 0 Å². The highest BCUT2D eigenvalue weighted by Gasteiger charge is 2.35. The maximum absolute atomic E-state index is 13.0. The first kappa shape index (κ1) is 15.3. The van der Waals surface area contributed by atoms with Gasteiger partial charge in [0.15, 0.2) is 17.2 Å². The number of nitrogens with zero attached hydrogens (tertiary/aromatic N) is 3. The van der Waals surface area contributed by atoms with Crippen molar-refractivity contribution in [2.24, 2.45) is 0 Å². The highest BCUT2D eigenvalue weighted by Crippen LogP contribution is 2.33. The van der Waals surface area contributed by atoms with Gasteiger partial charge in [-0.1, -0.05) is 11.6 Å². The van der Waals surface area contributed by atoms with Crippen LogP contribution in [0.15, 0.2) is 35.1 Å². The van der Waals surface area contributed by atoms with Crippen LogP contribution in [0.1, 0.15) is 21.9 Å². The van der Waals surface area contributed by atoms with Crippen LogP contribution in [0.25, 0.3) is 5.65 Å². The zero-order valence-electron chi connectivity index (χ0n) is 11.3. The summed E-state index contributed by atoms with van der Waals surface area (Å²) in [6, 6.07) is 3.77. The van der Waals surface area contributed by atoms with Crippen LogP contribution in [0.5, 0.6) is 0 Å². The molecule has 0 unspecified atom stereocenters. The minimum Gasteiger partial charge on any atom is -0.459 e. The van der Waals surface area contributed by atoms with Crippen molar-refractivity contribution < 1.29 is 22.4 Å². The van der Waals surface area contributed by atoms with E-state index in [-0.39, 0.29) is 28.8 Å². The summed E-state index contributed by atoms with van der Waals surface area (Å²) in [5.41, 5.74) is -1.38. The summed E-state index contributed by atoms with van der Waals surface area (Å²) in [5, 5.41) is 9.55. The number of hydrogen-bond acceptors (Lipinski definition) is 4. The molecule has 23 heavy (non-hydrogen) atoms. The molecule has 120 valence electrons. The van der Waals surface area contributed by atoms with Gasteiger partial charge >= 0.3 is 6.18 Å². The maximum atomic E-state index is 13.0. The lowest BCUT2D eigenvalue weighted by molar-refractivity contribution is -0.136. The fourth-order valence-electron chi connectivity index (χ4n) is 1.99. The molecule has 1 amide bonds. The minimum absolute atomic E-state index is 0.0767. The van der Waals surface area contributed by atoms with Crippen molar-refractivity contribution >= 4 is 23.2 Å². The number of pyridine rings is 1. The molecule has 0 bridgehead atoms. The Labute approximate surface area is 131 Å². The standard InChI is InChI=1S/C13H8ClF3N4O2/c14-7-4-8(13(15,16)17)11-20-19-10(21(11)6-7)5-18-12(22)9-2-1-3-23-9/h1-4,6H,5H2,(H,18,22). The molecule has 3 heterocycles. The molecular weight excluding hydrogens is 337 g/mol. The Morgan fingerprint density at radius 1 is 1.39 bits per heavy atom.